The molecule has 0 saturated heterocycles. The fraction of sp³-hybridized carbons (Fsp3) is 0.538. The van der Waals surface area contributed by atoms with Gasteiger partial charge in [0.05, 0.1) is 0 Å². The third-order valence-corrected chi connectivity index (χ3v) is 3.30. The van der Waals surface area contributed by atoms with E-state index in [0.717, 1.165) is 6.42 Å². The summed E-state index contributed by atoms with van der Waals surface area (Å²) in [5, 5.41) is 9.92. The molecular weight excluding hydrogens is 172 g/mol. The molecule has 0 atom stereocenters. The van der Waals surface area contributed by atoms with Gasteiger partial charge in [0.25, 0.3) is 0 Å². The maximum Gasteiger partial charge on any atom is 0.119 e. The van der Waals surface area contributed by atoms with Crippen LogP contribution in [0, 0.1) is 0 Å². The summed E-state index contributed by atoms with van der Waals surface area (Å²) >= 11 is 0. The second kappa shape index (κ2) is 3.30. The van der Waals surface area contributed by atoms with Crippen molar-refractivity contribution in [1.29, 1.82) is 0 Å². The average Bonchev–Trinajstić information content (AvgIpc) is 2.25. The molecule has 0 aliphatic heterocycles. The van der Waals surface area contributed by atoms with Gasteiger partial charge in [-0.05, 0) is 36.3 Å². The summed E-state index contributed by atoms with van der Waals surface area (Å²) in [5.74, 6) is 0.481. The third kappa shape index (κ3) is 1.52. The fourth-order valence-electron chi connectivity index (χ4n) is 2.58. The van der Waals surface area contributed by atoms with Crippen LogP contribution in [-0.4, -0.2) is 5.11 Å². The van der Waals surface area contributed by atoms with Gasteiger partial charge in [0, 0.05) is 5.56 Å². The van der Waals surface area contributed by atoms with Gasteiger partial charge in [0.2, 0.25) is 0 Å². The van der Waals surface area contributed by atoms with E-state index in [-0.39, 0.29) is 5.41 Å². The number of rotatable bonds is 0. The number of phenolic OH excluding ortho intramolecular Hbond substituents is 1. The van der Waals surface area contributed by atoms with Crippen LogP contribution in [-0.2, 0) is 11.8 Å². The molecular formula is C13H18O. The van der Waals surface area contributed by atoms with Crippen LogP contribution in [0.4, 0.5) is 0 Å². The first-order chi connectivity index (χ1) is 6.61. The molecule has 1 nitrogen and oxygen atoms in total. The van der Waals surface area contributed by atoms with Gasteiger partial charge in [-0.25, -0.2) is 0 Å². The third-order valence-electron chi connectivity index (χ3n) is 3.30. The molecule has 1 N–H and O–H groups in total. The second-order valence-corrected chi connectivity index (χ2v) is 4.90. The molecule has 1 heteroatoms. The molecule has 76 valence electrons. The monoisotopic (exact) mass is 190 g/mol. The van der Waals surface area contributed by atoms with Crippen molar-refractivity contribution < 1.29 is 5.11 Å². The quantitative estimate of drug-likeness (QED) is 0.622. The van der Waals surface area contributed by atoms with Crippen molar-refractivity contribution in [2.75, 3.05) is 0 Å². The van der Waals surface area contributed by atoms with E-state index < -0.39 is 0 Å². The lowest BCUT2D eigenvalue weighted by atomic mass is 9.79. The summed E-state index contributed by atoms with van der Waals surface area (Å²) in [6, 6.07) is 5.92. The zero-order valence-electron chi connectivity index (χ0n) is 9.01. The number of hydrogen-bond donors (Lipinski definition) is 1. The topological polar surface area (TPSA) is 20.2 Å². The van der Waals surface area contributed by atoms with E-state index in [1.165, 1.54) is 30.4 Å². The Morgan fingerprint density at radius 2 is 2.00 bits per heavy atom. The molecule has 0 fully saturated rings. The Morgan fingerprint density at radius 1 is 1.21 bits per heavy atom. The number of phenols is 1. The van der Waals surface area contributed by atoms with Crippen molar-refractivity contribution in [3.05, 3.63) is 29.3 Å². The van der Waals surface area contributed by atoms with Crippen LogP contribution in [0.15, 0.2) is 18.2 Å². The number of aryl methyl sites for hydroxylation is 1. The molecule has 0 aromatic heterocycles. The SMILES string of the molecule is CC1(C)CCCCc2cccc(O)c21. The highest BCUT2D eigenvalue weighted by atomic mass is 16.3. The smallest absolute Gasteiger partial charge is 0.119 e. The van der Waals surface area contributed by atoms with Gasteiger partial charge in [-0.2, -0.15) is 0 Å². The van der Waals surface area contributed by atoms with E-state index >= 15 is 0 Å². The predicted octanol–water partition coefficient (Wildman–Crippen LogP) is 3.40. The van der Waals surface area contributed by atoms with Gasteiger partial charge < -0.3 is 5.11 Å². The highest BCUT2D eigenvalue weighted by molar-refractivity contribution is 5.44. The first-order valence-corrected chi connectivity index (χ1v) is 5.42. The van der Waals surface area contributed by atoms with Crippen LogP contribution < -0.4 is 0 Å². The predicted molar refractivity (Wildman–Crippen MR) is 58.7 cm³/mol. The molecule has 0 spiro atoms. The van der Waals surface area contributed by atoms with Crippen LogP contribution in [0.2, 0.25) is 0 Å². The highest BCUT2D eigenvalue weighted by Crippen LogP contribution is 2.40. The van der Waals surface area contributed by atoms with Gasteiger partial charge >= 0.3 is 0 Å². The standard InChI is InChI=1S/C13H18O/c1-13(2)9-4-3-6-10-7-5-8-11(14)12(10)13/h5,7-8,14H,3-4,6,9H2,1-2H3. The molecule has 0 saturated carbocycles. The van der Waals surface area contributed by atoms with Crippen molar-refractivity contribution >= 4 is 0 Å². The van der Waals surface area contributed by atoms with Gasteiger partial charge in [0.1, 0.15) is 5.75 Å². The number of hydrogen-bond acceptors (Lipinski definition) is 1. The average molecular weight is 190 g/mol. The van der Waals surface area contributed by atoms with Gasteiger partial charge in [-0.1, -0.05) is 32.4 Å². The Kier molecular flexibility index (Phi) is 2.26. The minimum Gasteiger partial charge on any atom is -0.508 e. The number of aromatic hydroxyl groups is 1. The summed E-state index contributed by atoms with van der Waals surface area (Å²) in [5.41, 5.74) is 2.65. The molecule has 0 heterocycles. The molecule has 1 aromatic rings. The zero-order valence-corrected chi connectivity index (χ0v) is 9.01. The normalized spacial score (nSPS) is 19.9. The molecule has 1 aliphatic carbocycles. The van der Waals surface area contributed by atoms with Gasteiger partial charge in [-0.3, -0.25) is 0 Å². The van der Waals surface area contributed by atoms with Crippen LogP contribution >= 0.6 is 0 Å². The molecule has 0 unspecified atom stereocenters. The molecule has 1 aromatic carbocycles. The highest BCUT2D eigenvalue weighted by Gasteiger charge is 2.28. The fourth-order valence-corrected chi connectivity index (χ4v) is 2.58. The minimum absolute atomic E-state index is 0.136. The lowest BCUT2D eigenvalue weighted by Crippen LogP contribution is -2.17. The van der Waals surface area contributed by atoms with Crippen molar-refractivity contribution in [2.45, 2.75) is 44.9 Å². The van der Waals surface area contributed by atoms with Gasteiger partial charge in [0.15, 0.2) is 0 Å². The summed E-state index contributed by atoms with van der Waals surface area (Å²) in [6.45, 7) is 4.47. The summed E-state index contributed by atoms with van der Waals surface area (Å²) in [7, 11) is 0. The lowest BCUT2D eigenvalue weighted by molar-refractivity contribution is 0.417. The molecule has 2 rings (SSSR count). The van der Waals surface area contributed by atoms with E-state index in [4.69, 9.17) is 0 Å². The van der Waals surface area contributed by atoms with Crippen molar-refractivity contribution in [2.24, 2.45) is 0 Å². The first-order valence-electron chi connectivity index (χ1n) is 5.42. The summed E-state index contributed by atoms with van der Waals surface area (Å²) < 4.78 is 0. The lowest BCUT2D eigenvalue weighted by Gasteiger charge is -2.26. The Labute approximate surface area is 85.8 Å². The maximum absolute atomic E-state index is 9.92. The number of benzene rings is 1. The maximum atomic E-state index is 9.92. The first kappa shape index (κ1) is 9.57. The van der Waals surface area contributed by atoms with E-state index in [1.807, 2.05) is 12.1 Å². The van der Waals surface area contributed by atoms with E-state index in [0.29, 0.717) is 5.75 Å². The second-order valence-electron chi connectivity index (χ2n) is 4.90. The van der Waals surface area contributed by atoms with Crippen LogP contribution in [0.3, 0.4) is 0 Å². The molecule has 0 bridgehead atoms. The van der Waals surface area contributed by atoms with E-state index in [1.54, 1.807) is 0 Å². The van der Waals surface area contributed by atoms with Crippen LogP contribution in [0.1, 0.15) is 44.2 Å². The summed E-state index contributed by atoms with van der Waals surface area (Å²) in [6.07, 6.45) is 4.81. The van der Waals surface area contributed by atoms with E-state index in [2.05, 4.69) is 19.9 Å². The zero-order chi connectivity index (χ0) is 10.2. The van der Waals surface area contributed by atoms with Crippen molar-refractivity contribution in [3.63, 3.8) is 0 Å². The Hall–Kier alpha value is -0.980. The van der Waals surface area contributed by atoms with Crippen molar-refractivity contribution in [1.82, 2.24) is 0 Å². The Morgan fingerprint density at radius 3 is 2.79 bits per heavy atom. The van der Waals surface area contributed by atoms with Crippen LogP contribution in [0.5, 0.6) is 5.75 Å². The molecule has 1 aliphatic rings. The molecule has 14 heavy (non-hydrogen) atoms. The Bertz CT molecular complexity index is 339. The van der Waals surface area contributed by atoms with E-state index in [9.17, 15) is 5.11 Å². The minimum atomic E-state index is 0.136. The van der Waals surface area contributed by atoms with Gasteiger partial charge in [-0.15, -0.1) is 0 Å². The largest absolute Gasteiger partial charge is 0.508 e. The Balaban J connectivity index is 2.58. The molecule has 0 amide bonds. The number of fused-ring (bicyclic) bond motifs is 1. The molecule has 0 radical (unpaired) electrons. The van der Waals surface area contributed by atoms with Crippen LogP contribution in [0.25, 0.3) is 0 Å². The van der Waals surface area contributed by atoms with Crippen molar-refractivity contribution in [3.8, 4) is 5.75 Å². The summed E-state index contributed by atoms with van der Waals surface area (Å²) in [4.78, 5) is 0.